The van der Waals surface area contributed by atoms with Gasteiger partial charge in [-0.15, -0.1) is 0 Å². The lowest BCUT2D eigenvalue weighted by molar-refractivity contribution is 0.0909. The van der Waals surface area contributed by atoms with Gasteiger partial charge < -0.3 is 9.73 Å². The molecule has 0 aliphatic heterocycles. The number of halogens is 1. The van der Waals surface area contributed by atoms with Crippen molar-refractivity contribution in [2.75, 3.05) is 5.32 Å². The van der Waals surface area contributed by atoms with Crippen LogP contribution < -0.4 is 16.2 Å². The average Bonchev–Trinajstić information content (AvgIpc) is 3.08. The van der Waals surface area contributed by atoms with Crippen molar-refractivity contribution in [1.82, 2.24) is 10.9 Å². The lowest BCUT2D eigenvalue weighted by Gasteiger charge is -2.07. The first-order chi connectivity index (χ1) is 12.1. The summed E-state index contributed by atoms with van der Waals surface area (Å²) < 4.78 is 5.32. The molecule has 6 nitrogen and oxygen atoms in total. The second-order valence-corrected chi connectivity index (χ2v) is 5.55. The van der Waals surface area contributed by atoms with Gasteiger partial charge in [0.2, 0.25) is 0 Å². The fourth-order valence-electron chi connectivity index (χ4n) is 1.81. The fourth-order valence-corrected chi connectivity index (χ4v) is 1.94. The first-order valence-corrected chi connectivity index (χ1v) is 8.18. The Morgan fingerprint density at radius 2 is 1.88 bits per heavy atom. The molecule has 0 radical (unpaired) electrons. The highest BCUT2D eigenvalue weighted by atomic mass is 35.5. The van der Waals surface area contributed by atoms with E-state index < -0.39 is 11.9 Å². The number of unbranched alkanes of at least 4 members (excludes halogenated alkanes) is 2. The van der Waals surface area contributed by atoms with Crippen molar-refractivity contribution in [2.24, 2.45) is 0 Å². The summed E-state index contributed by atoms with van der Waals surface area (Å²) in [7, 11) is 0. The zero-order chi connectivity index (χ0) is 18.1. The molecule has 0 spiro atoms. The molecular formula is C18H18ClN3O3. The van der Waals surface area contributed by atoms with E-state index in [0.29, 0.717) is 16.5 Å². The Kier molecular flexibility index (Phi) is 6.93. The standard InChI is InChI=1S/C18H18ClN3O3/c1-2-3-4-5-6-15-11-12-16(25-15)17(23)21-22-18(24)20-14-9-7-13(19)8-10-14/h7-12H,2-4H2,1H3,(H,21,23)(H2,20,22,24). The van der Waals surface area contributed by atoms with Crippen LogP contribution >= 0.6 is 11.6 Å². The molecule has 3 N–H and O–H groups in total. The number of hydrogen-bond acceptors (Lipinski definition) is 3. The van der Waals surface area contributed by atoms with Crippen LogP contribution in [0.15, 0.2) is 40.8 Å². The Balaban J connectivity index is 1.81. The van der Waals surface area contributed by atoms with E-state index in [4.69, 9.17) is 16.0 Å². The zero-order valence-electron chi connectivity index (χ0n) is 13.7. The van der Waals surface area contributed by atoms with E-state index in [-0.39, 0.29) is 5.76 Å². The molecule has 0 aliphatic rings. The Bertz CT molecular complexity index is 788. The molecule has 1 aromatic carbocycles. The largest absolute Gasteiger partial charge is 0.443 e. The number of rotatable bonds is 4. The highest BCUT2D eigenvalue weighted by Crippen LogP contribution is 2.13. The first kappa shape index (κ1) is 18.4. The molecule has 0 unspecified atom stereocenters. The van der Waals surface area contributed by atoms with Crippen LogP contribution in [0.1, 0.15) is 42.5 Å². The summed E-state index contributed by atoms with van der Waals surface area (Å²) in [5, 5.41) is 3.11. The fraction of sp³-hybridized carbons (Fsp3) is 0.222. The van der Waals surface area contributed by atoms with Crippen molar-refractivity contribution in [2.45, 2.75) is 26.2 Å². The van der Waals surface area contributed by atoms with Crippen LogP contribution in [0.25, 0.3) is 0 Å². The van der Waals surface area contributed by atoms with Crippen molar-refractivity contribution < 1.29 is 14.0 Å². The number of hydrazine groups is 1. The SMILES string of the molecule is CCCCC#Cc1ccc(C(=O)NNC(=O)Nc2ccc(Cl)cc2)o1. The van der Waals surface area contributed by atoms with Crippen LogP contribution in [0.5, 0.6) is 0 Å². The van der Waals surface area contributed by atoms with Crippen LogP contribution in [-0.2, 0) is 0 Å². The van der Waals surface area contributed by atoms with E-state index in [1.807, 2.05) is 0 Å². The number of carbonyl (C=O) groups is 2. The summed E-state index contributed by atoms with van der Waals surface area (Å²) >= 11 is 5.76. The summed E-state index contributed by atoms with van der Waals surface area (Å²) in [5.74, 6) is 5.72. The third kappa shape index (κ3) is 6.24. The number of furan rings is 1. The van der Waals surface area contributed by atoms with E-state index in [9.17, 15) is 9.59 Å². The average molecular weight is 360 g/mol. The van der Waals surface area contributed by atoms with E-state index in [1.54, 1.807) is 30.3 Å². The lowest BCUT2D eigenvalue weighted by Crippen LogP contribution is -2.43. The maximum atomic E-state index is 11.9. The number of urea groups is 1. The Labute approximate surface area is 150 Å². The molecule has 0 atom stereocenters. The summed E-state index contributed by atoms with van der Waals surface area (Å²) in [6, 6.07) is 9.07. The number of benzene rings is 1. The van der Waals surface area contributed by atoms with Crippen LogP contribution in [0.4, 0.5) is 10.5 Å². The van der Waals surface area contributed by atoms with Crippen molar-refractivity contribution >= 4 is 29.2 Å². The Morgan fingerprint density at radius 3 is 2.60 bits per heavy atom. The number of nitrogens with one attached hydrogen (secondary N) is 3. The van der Waals surface area contributed by atoms with Gasteiger partial charge in [-0.25, -0.2) is 10.2 Å². The first-order valence-electron chi connectivity index (χ1n) is 7.80. The molecule has 0 saturated carbocycles. The Hall–Kier alpha value is -2.91. The number of hydrogen-bond donors (Lipinski definition) is 3. The van der Waals surface area contributed by atoms with Gasteiger partial charge in [0.05, 0.1) is 0 Å². The van der Waals surface area contributed by atoms with Gasteiger partial charge in [-0.05, 0) is 48.7 Å². The summed E-state index contributed by atoms with van der Waals surface area (Å²) in [6.45, 7) is 2.09. The van der Waals surface area contributed by atoms with Crippen LogP contribution in [0.2, 0.25) is 5.02 Å². The highest BCUT2D eigenvalue weighted by molar-refractivity contribution is 6.30. The molecule has 2 rings (SSSR count). The van der Waals surface area contributed by atoms with Gasteiger partial charge >= 0.3 is 11.9 Å². The van der Waals surface area contributed by atoms with Gasteiger partial charge in [-0.1, -0.05) is 30.9 Å². The van der Waals surface area contributed by atoms with Gasteiger partial charge in [0, 0.05) is 17.1 Å². The smallest absolute Gasteiger partial charge is 0.337 e. The summed E-state index contributed by atoms with van der Waals surface area (Å²) in [4.78, 5) is 23.6. The summed E-state index contributed by atoms with van der Waals surface area (Å²) in [5.41, 5.74) is 5.03. The maximum Gasteiger partial charge on any atom is 0.337 e. The van der Waals surface area contributed by atoms with Crippen LogP contribution in [0, 0.1) is 11.8 Å². The quantitative estimate of drug-likeness (QED) is 0.439. The molecule has 1 heterocycles. The number of anilines is 1. The second kappa shape index (κ2) is 9.40. The normalized spacial score (nSPS) is 9.68. The molecule has 25 heavy (non-hydrogen) atoms. The van der Waals surface area contributed by atoms with Crippen molar-refractivity contribution in [3.8, 4) is 11.8 Å². The third-order valence-corrected chi connectivity index (χ3v) is 3.34. The van der Waals surface area contributed by atoms with Gasteiger partial charge in [0.1, 0.15) is 0 Å². The number of carbonyl (C=O) groups excluding carboxylic acids is 2. The molecule has 7 heteroatoms. The molecular weight excluding hydrogens is 342 g/mol. The third-order valence-electron chi connectivity index (χ3n) is 3.09. The van der Waals surface area contributed by atoms with Gasteiger partial charge in [-0.3, -0.25) is 10.2 Å². The molecule has 130 valence electrons. The molecule has 0 saturated heterocycles. The van der Waals surface area contributed by atoms with Crippen LogP contribution in [-0.4, -0.2) is 11.9 Å². The van der Waals surface area contributed by atoms with E-state index in [1.165, 1.54) is 6.07 Å². The summed E-state index contributed by atoms with van der Waals surface area (Å²) in [6.07, 6.45) is 2.88. The minimum Gasteiger partial charge on any atom is -0.443 e. The second-order valence-electron chi connectivity index (χ2n) is 5.11. The molecule has 0 fully saturated rings. The van der Waals surface area contributed by atoms with Gasteiger partial charge in [0.25, 0.3) is 0 Å². The predicted octanol–water partition coefficient (Wildman–Crippen LogP) is 3.94. The van der Waals surface area contributed by atoms with Crippen LogP contribution in [0.3, 0.4) is 0 Å². The van der Waals surface area contributed by atoms with Crippen molar-refractivity contribution in [3.05, 3.63) is 52.9 Å². The minimum atomic E-state index is -0.596. The lowest BCUT2D eigenvalue weighted by atomic mass is 10.2. The van der Waals surface area contributed by atoms with Crippen molar-refractivity contribution in [3.63, 3.8) is 0 Å². The molecule has 2 aromatic rings. The van der Waals surface area contributed by atoms with Gasteiger partial charge in [-0.2, -0.15) is 0 Å². The van der Waals surface area contributed by atoms with Gasteiger partial charge in [0.15, 0.2) is 11.5 Å². The molecule has 3 amide bonds. The van der Waals surface area contributed by atoms with E-state index >= 15 is 0 Å². The predicted molar refractivity (Wildman–Crippen MR) is 96.2 cm³/mol. The molecule has 0 aliphatic carbocycles. The monoisotopic (exact) mass is 359 g/mol. The maximum absolute atomic E-state index is 11.9. The van der Waals surface area contributed by atoms with E-state index in [0.717, 1.165) is 19.3 Å². The Morgan fingerprint density at radius 1 is 1.12 bits per heavy atom. The molecule has 1 aromatic heterocycles. The topological polar surface area (TPSA) is 83.4 Å². The van der Waals surface area contributed by atoms with Crippen molar-refractivity contribution in [1.29, 1.82) is 0 Å². The minimum absolute atomic E-state index is 0.0617. The number of amides is 3. The zero-order valence-corrected chi connectivity index (χ0v) is 14.4. The molecule has 0 bridgehead atoms. The highest BCUT2D eigenvalue weighted by Gasteiger charge is 2.11. The van der Waals surface area contributed by atoms with E-state index in [2.05, 4.69) is 34.9 Å².